The van der Waals surface area contributed by atoms with Crippen molar-refractivity contribution in [3.05, 3.63) is 40.9 Å². The maximum absolute atomic E-state index is 13.2. The molecular weight excluding hydrogens is 263 g/mol. The predicted molar refractivity (Wildman–Crippen MR) is 57.4 cm³/mol. The van der Waals surface area contributed by atoms with Crippen molar-refractivity contribution in [3.63, 3.8) is 0 Å². The van der Waals surface area contributed by atoms with Crippen LogP contribution < -0.4 is 4.74 Å². The van der Waals surface area contributed by atoms with Crippen LogP contribution in [0.1, 0.15) is 0 Å². The predicted octanol–water partition coefficient (Wildman–Crippen LogP) is 3.11. The molecule has 0 N–H and O–H groups in total. The van der Waals surface area contributed by atoms with Crippen LogP contribution in [0.3, 0.4) is 0 Å². The van der Waals surface area contributed by atoms with E-state index in [9.17, 15) is 4.39 Å². The quantitative estimate of drug-likeness (QED) is 0.839. The van der Waals surface area contributed by atoms with Gasteiger partial charge in [0, 0.05) is 7.05 Å². The molecule has 0 aliphatic carbocycles. The number of nitrogens with zero attached hydrogens (tertiary/aromatic N) is 2. The van der Waals surface area contributed by atoms with Crippen molar-refractivity contribution in [1.82, 2.24) is 9.55 Å². The Morgan fingerprint density at radius 2 is 2.13 bits per heavy atom. The van der Waals surface area contributed by atoms with Gasteiger partial charge in [0.15, 0.2) is 11.6 Å². The average molecular weight is 271 g/mol. The molecule has 3 nitrogen and oxygen atoms in total. The van der Waals surface area contributed by atoms with Gasteiger partial charge in [-0.05, 0) is 28.1 Å². The van der Waals surface area contributed by atoms with Crippen molar-refractivity contribution in [3.8, 4) is 11.8 Å². The van der Waals surface area contributed by atoms with Crippen molar-refractivity contribution in [1.29, 1.82) is 0 Å². The highest BCUT2D eigenvalue weighted by atomic mass is 79.9. The Bertz CT molecular complexity index is 484. The second kappa shape index (κ2) is 4.02. The number of hydrogen-bond acceptors (Lipinski definition) is 2. The van der Waals surface area contributed by atoms with Crippen LogP contribution in [0, 0.1) is 5.82 Å². The lowest BCUT2D eigenvalue weighted by Crippen LogP contribution is -1.96. The van der Waals surface area contributed by atoms with Gasteiger partial charge in [-0.15, -0.1) is 0 Å². The van der Waals surface area contributed by atoms with Gasteiger partial charge in [-0.2, -0.15) is 0 Å². The van der Waals surface area contributed by atoms with Crippen LogP contribution in [0.25, 0.3) is 0 Å². The van der Waals surface area contributed by atoms with Crippen LogP contribution in [-0.4, -0.2) is 9.55 Å². The summed E-state index contributed by atoms with van der Waals surface area (Å²) >= 11 is 3.27. The van der Waals surface area contributed by atoms with Gasteiger partial charge in [-0.1, -0.05) is 12.1 Å². The molecule has 0 radical (unpaired) electrons. The molecule has 2 rings (SSSR count). The number of halogens is 2. The summed E-state index contributed by atoms with van der Waals surface area (Å²) in [5, 5.41) is 0. The summed E-state index contributed by atoms with van der Waals surface area (Å²) in [5.74, 6) is -0.240. The van der Waals surface area contributed by atoms with Gasteiger partial charge in [-0.3, -0.25) is 4.57 Å². The highest BCUT2D eigenvalue weighted by Crippen LogP contribution is 2.24. The van der Waals surface area contributed by atoms with Crippen molar-refractivity contribution < 1.29 is 9.13 Å². The zero-order valence-electron chi connectivity index (χ0n) is 7.95. The first-order valence-corrected chi connectivity index (χ1v) is 5.07. The highest BCUT2D eigenvalue weighted by Gasteiger charge is 2.08. The van der Waals surface area contributed by atoms with E-state index in [-0.39, 0.29) is 5.75 Å². The van der Waals surface area contributed by atoms with E-state index < -0.39 is 5.82 Å². The molecule has 0 amide bonds. The van der Waals surface area contributed by atoms with E-state index in [0.717, 1.165) is 4.60 Å². The Labute approximate surface area is 94.6 Å². The fourth-order valence-corrected chi connectivity index (χ4v) is 1.35. The monoisotopic (exact) mass is 270 g/mol. The maximum Gasteiger partial charge on any atom is 0.302 e. The van der Waals surface area contributed by atoms with E-state index in [1.54, 1.807) is 36.0 Å². The van der Waals surface area contributed by atoms with Gasteiger partial charge in [0.05, 0.1) is 6.20 Å². The molecule has 0 saturated carbocycles. The summed E-state index contributed by atoms with van der Waals surface area (Å²) < 4.78 is 21.0. The SMILES string of the molecule is Cn1c(Br)cnc1Oc1ccccc1F. The molecule has 15 heavy (non-hydrogen) atoms. The molecule has 5 heteroatoms. The lowest BCUT2D eigenvalue weighted by Gasteiger charge is -2.05. The van der Waals surface area contributed by atoms with Crippen LogP contribution in [0.2, 0.25) is 0 Å². The van der Waals surface area contributed by atoms with E-state index >= 15 is 0 Å². The molecular formula is C10H8BrFN2O. The van der Waals surface area contributed by atoms with Crippen molar-refractivity contribution in [2.45, 2.75) is 0 Å². The molecule has 0 saturated heterocycles. The zero-order valence-corrected chi connectivity index (χ0v) is 9.53. The lowest BCUT2D eigenvalue weighted by atomic mass is 10.3. The molecule has 0 bridgehead atoms. The van der Waals surface area contributed by atoms with Crippen LogP contribution in [0.5, 0.6) is 11.8 Å². The number of ether oxygens (including phenoxy) is 1. The van der Waals surface area contributed by atoms with Crippen LogP contribution in [0.4, 0.5) is 4.39 Å². The average Bonchev–Trinajstić information content (AvgIpc) is 2.53. The van der Waals surface area contributed by atoms with Gasteiger partial charge < -0.3 is 4.74 Å². The van der Waals surface area contributed by atoms with E-state index in [2.05, 4.69) is 20.9 Å². The molecule has 1 aromatic carbocycles. The molecule has 0 fully saturated rings. The Kier molecular flexibility index (Phi) is 2.73. The molecule has 0 spiro atoms. The Balaban J connectivity index is 2.30. The standard InChI is InChI=1S/C10H8BrFN2O/c1-14-9(11)6-13-10(14)15-8-5-3-2-4-7(8)12/h2-6H,1H3. The third-order valence-electron chi connectivity index (χ3n) is 1.93. The molecule has 0 aliphatic heterocycles. The summed E-state index contributed by atoms with van der Waals surface area (Å²) in [4.78, 5) is 3.98. The molecule has 1 aromatic heterocycles. The fraction of sp³-hybridized carbons (Fsp3) is 0.100. The van der Waals surface area contributed by atoms with Crippen LogP contribution >= 0.6 is 15.9 Å². The number of benzene rings is 1. The normalized spacial score (nSPS) is 10.3. The van der Waals surface area contributed by atoms with Gasteiger partial charge in [0.2, 0.25) is 0 Å². The minimum Gasteiger partial charge on any atom is -0.422 e. The topological polar surface area (TPSA) is 27.1 Å². The summed E-state index contributed by atoms with van der Waals surface area (Å²) in [6.07, 6.45) is 1.59. The smallest absolute Gasteiger partial charge is 0.302 e. The largest absolute Gasteiger partial charge is 0.422 e. The maximum atomic E-state index is 13.2. The Hall–Kier alpha value is -1.36. The zero-order chi connectivity index (χ0) is 10.8. The van der Waals surface area contributed by atoms with E-state index in [0.29, 0.717) is 6.01 Å². The number of aromatic nitrogens is 2. The lowest BCUT2D eigenvalue weighted by molar-refractivity contribution is 0.397. The van der Waals surface area contributed by atoms with Crippen molar-refractivity contribution >= 4 is 15.9 Å². The number of imidazole rings is 1. The van der Waals surface area contributed by atoms with Crippen molar-refractivity contribution in [2.24, 2.45) is 7.05 Å². The van der Waals surface area contributed by atoms with Crippen LogP contribution in [0.15, 0.2) is 35.1 Å². The fourth-order valence-electron chi connectivity index (χ4n) is 1.09. The molecule has 0 unspecified atom stereocenters. The van der Waals surface area contributed by atoms with E-state index in [1.807, 2.05) is 0 Å². The van der Waals surface area contributed by atoms with Crippen molar-refractivity contribution in [2.75, 3.05) is 0 Å². The van der Waals surface area contributed by atoms with Gasteiger partial charge in [-0.25, -0.2) is 9.37 Å². The molecule has 78 valence electrons. The molecule has 0 aliphatic rings. The number of hydrogen-bond donors (Lipinski definition) is 0. The molecule has 0 atom stereocenters. The Morgan fingerprint density at radius 3 is 2.73 bits per heavy atom. The van der Waals surface area contributed by atoms with E-state index in [1.165, 1.54) is 6.07 Å². The summed E-state index contributed by atoms with van der Waals surface area (Å²) in [5.41, 5.74) is 0. The first-order valence-electron chi connectivity index (χ1n) is 4.28. The van der Waals surface area contributed by atoms with Gasteiger partial charge in [0.25, 0.3) is 0 Å². The first-order chi connectivity index (χ1) is 7.18. The number of rotatable bonds is 2. The molecule has 2 aromatic rings. The summed E-state index contributed by atoms with van der Waals surface area (Å²) in [7, 11) is 1.77. The van der Waals surface area contributed by atoms with Gasteiger partial charge in [0.1, 0.15) is 4.60 Å². The van der Waals surface area contributed by atoms with E-state index in [4.69, 9.17) is 4.74 Å². The minimum atomic E-state index is -0.406. The summed E-state index contributed by atoms with van der Waals surface area (Å²) in [6.45, 7) is 0. The second-order valence-corrected chi connectivity index (χ2v) is 3.77. The number of para-hydroxylation sites is 1. The third kappa shape index (κ3) is 2.02. The first kappa shape index (κ1) is 10.2. The highest BCUT2D eigenvalue weighted by molar-refractivity contribution is 9.10. The Morgan fingerprint density at radius 1 is 1.40 bits per heavy atom. The summed E-state index contributed by atoms with van der Waals surface area (Å²) in [6, 6.07) is 6.55. The second-order valence-electron chi connectivity index (χ2n) is 2.95. The third-order valence-corrected chi connectivity index (χ3v) is 2.66. The molecule has 1 heterocycles. The van der Waals surface area contributed by atoms with Gasteiger partial charge >= 0.3 is 6.01 Å². The minimum absolute atomic E-state index is 0.165. The van der Waals surface area contributed by atoms with Crippen LogP contribution in [-0.2, 0) is 7.05 Å².